The van der Waals surface area contributed by atoms with Crippen molar-refractivity contribution in [1.29, 1.82) is 0 Å². The fraction of sp³-hybridized carbons (Fsp3) is 0.375. The SMILES string of the molecule is CCc1c(C)sc(NC(=O)c2cc(S(=O)(=O)N(C)C)cn2C)c1C(=O)O. The van der Waals surface area contributed by atoms with Crippen LogP contribution in [0.3, 0.4) is 0 Å². The summed E-state index contributed by atoms with van der Waals surface area (Å²) in [7, 11) is 0.692. The van der Waals surface area contributed by atoms with Gasteiger partial charge in [-0.15, -0.1) is 11.3 Å². The zero-order chi connectivity index (χ0) is 19.8. The monoisotopic (exact) mass is 399 g/mol. The van der Waals surface area contributed by atoms with Crippen molar-refractivity contribution < 1.29 is 23.1 Å². The lowest BCUT2D eigenvalue weighted by Crippen LogP contribution is -2.21. The van der Waals surface area contributed by atoms with Crippen LogP contribution in [0, 0.1) is 6.92 Å². The van der Waals surface area contributed by atoms with Crippen molar-refractivity contribution in [3.05, 3.63) is 34.0 Å². The van der Waals surface area contributed by atoms with E-state index in [1.165, 1.54) is 42.3 Å². The quantitative estimate of drug-likeness (QED) is 0.774. The number of nitrogens with one attached hydrogen (secondary N) is 1. The van der Waals surface area contributed by atoms with E-state index in [-0.39, 0.29) is 21.2 Å². The van der Waals surface area contributed by atoms with Crippen LogP contribution >= 0.6 is 11.3 Å². The second-order valence-corrected chi connectivity index (χ2v) is 9.29. The molecule has 0 spiro atoms. The number of hydrogen-bond acceptors (Lipinski definition) is 5. The molecule has 2 heterocycles. The number of carbonyl (C=O) groups is 2. The van der Waals surface area contributed by atoms with Crippen molar-refractivity contribution in [2.24, 2.45) is 7.05 Å². The summed E-state index contributed by atoms with van der Waals surface area (Å²) in [6.45, 7) is 3.65. The Kier molecular flexibility index (Phi) is 5.59. The van der Waals surface area contributed by atoms with E-state index in [2.05, 4.69) is 5.32 Å². The third-order valence-corrected chi connectivity index (χ3v) is 6.84. The fourth-order valence-corrected chi connectivity index (χ4v) is 4.70. The second-order valence-electron chi connectivity index (χ2n) is 5.91. The molecule has 0 bridgehead atoms. The minimum Gasteiger partial charge on any atom is -0.478 e. The Labute approximate surface area is 156 Å². The van der Waals surface area contributed by atoms with E-state index >= 15 is 0 Å². The van der Waals surface area contributed by atoms with Gasteiger partial charge in [-0.3, -0.25) is 4.79 Å². The predicted molar refractivity (Wildman–Crippen MR) is 99.6 cm³/mol. The highest BCUT2D eigenvalue weighted by Gasteiger charge is 2.25. The molecule has 8 nitrogen and oxygen atoms in total. The molecule has 142 valence electrons. The van der Waals surface area contributed by atoms with Gasteiger partial charge in [0.15, 0.2) is 0 Å². The zero-order valence-electron chi connectivity index (χ0n) is 15.2. The van der Waals surface area contributed by atoms with Gasteiger partial charge in [-0.05, 0) is 25.0 Å². The van der Waals surface area contributed by atoms with Crippen LogP contribution in [0.25, 0.3) is 0 Å². The number of nitrogens with zero attached hydrogens (tertiary/aromatic N) is 2. The first-order valence-electron chi connectivity index (χ1n) is 7.76. The number of aromatic nitrogens is 1. The Bertz CT molecular complexity index is 970. The Morgan fingerprint density at radius 2 is 1.96 bits per heavy atom. The number of carboxylic acids is 1. The molecule has 0 aliphatic carbocycles. The van der Waals surface area contributed by atoms with Crippen LogP contribution in [0.15, 0.2) is 17.2 Å². The molecular weight excluding hydrogens is 378 g/mol. The Morgan fingerprint density at radius 3 is 2.46 bits per heavy atom. The average Bonchev–Trinajstić information content (AvgIpc) is 3.07. The first-order chi connectivity index (χ1) is 12.0. The molecule has 2 aromatic heterocycles. The van der Waals surface area contributed by atoms with Crippen LogP contribution in [0.4, 0.5) is 5.00 Å². The zero-order valence-corrected chi connectivity index (χ0v) is 16.8. The molecule has 0 atom stereocenters. The highest BCUT2D eigenvalue weighted by Crippen LogP contribution is 2.34. The normalized spacial score (nSPS) is 11.8. The van der Waals surface area contributed by atoms with E-state index in [0.29, 0.717) is 12.0 Å². The fourth-order valence-electron chi connectivity index (χ4n) is 2.60. The third-order valence-electron chi connectivity index (χ3n) is 3.99. The van der Waals surface area contributed by atoms with Crippen LogP contribution in [0.2, 0.25) is 0 Å². The van der Waals surface area contributed by atoms with E-state index < -0.39 is 21.9 Å². The first-order valence-corrected chi connectivity index (χ1v) is 10.0. The van der Waals surface area contributed by atoms with Crippen LogP contribution in [-0.4, -0.2) is 48.4 Å². The van der Waals surface area contributed by atoms with Gasteiger partial charge in [0.05, 0.1) is 5.56 Å². The van der Waals surface area contributed by atoms with Crippen molar-refractivity contribution in [2.75, 3.05) is 19.4 Å². The van der Waals surface area contributed by atoms with Gasteiger partial charge in [0.2, 0.25) is 10.0 Å². The molecule has 2 rings (SSSR count). The molecule has 0 unspecified atom stereocenters. The summed E-state index contributed by atoms with van der Waals surface area (Å²) in [4.78, 5) is 25.0. The van der Waals surface area contributed by atoms with Crippen LogP contribution < -0.4 is 5.32 Å². The lowest BCUT2D eigenvalue weighted by atomic mass is 10.1. The number of carboxylic acid groups (broad SMARTS) is 1. The lowest BCUT2D eigenvalue weighted by molar-refractivity contribution is 0.0697. The molecule has 0 aliphatic heterocycles. The number of rotatable bonds is 6. The number of thiophene rings is 1. The summed E-state index contributed by atoms with van der Waals surface area (Å²) >= 11 is 1.19. The van der Waals surface area contributed by atoms with Crippen LogP contribution in [-0.2, 0) is 23.5 Å². The number of aromatic carboxylic acids is 1. The first kappa shape index (κ1) is 20.1. The Hall–Kier alpha value is -2.17. The number of amides is 1. The molecule has 10 heteroatoms. The van der Waals surface area contributed by atoms with Gasteiger partial charge in [0.1, 0.15) is 15.6 Å². The number of carbonyl (C=O) groups excluding carboxylic acids is 1. The van der Waals surface area contributed by atoms with E-state index in [9.17, 15) is 23.1 Å². The standard InChI is InChI=1S/C16H21N3O5S2/c1-6-11-9(2)25-15(13(11)16(21)22)17-14(20)12-7-10(8-19(12)5)26(23,24)18(3)4/h7-8H,6H2,1-5H3,(H,17,20)(H,21,22). The third kappa shape index (κ3) is 3.53. The lowest BCUT2D eigenvalue weighted by Gasteiger charge is -2.08. The maximum absolute atomic E-state index is 12.6. The van der Waals surface area contributed by atoms with E-state index in [0.717, 1.165) is 9.18 Å². The molecule has 2 aromatic rings. The van der Waals surface area contributed by atoms with Gasteiger partial charge in [-0.1, -0.05) is 6.92 Å². The van der Waals surface area contributed by atoms with Crippen molar-refractivity contribution in [1.82, 2.24) is 8.87 Å². The Morgan fingerprint density at radius 1 is 1.35 bits per heavy atom. The van der Waals surface area contributed by atoms with E-state index in [1.54, 1.807) is 14.0 Å². The number of hydrogen-bond donors (Lipinski definition) is 2. The van der Waals surface area contributed by atoms with Gasteiger partial charge in [0.25, 0.3) is 5.91 Å². The van der Waals surface area contributed by atoms with Crippen molar-refractivity contribution in [2.45, 2.75) is 25.2 Å². The van der Waals surface area contributed by atoms with Gasteiger partial charge < -0.3 is 15.0 Å². The summed E-state index contributed by atoms with van der Waals surface area (Å²) in [5.74, 6) is -1.68. The molecule has 0 aliphatic rings. The largest absolute Gasteiger partial charge is 0.478 e. The summed E-state index contributed by atoms with van der Waals surface area (Å²) in [6, 6.07) is 1.27. The molecule has 2 N–H and O–H groups in total. The molecule has 0 saturated carbocycles. The summed E-state index contributed by atoms with van der Waals surface area (Å²) in [6.07, 6.45) is 1.88. The average molecular weight is 399 g/mol. The maximum atomic E-state index is 12.6. The van der Waals surface area contributed by atoms with E-state index in [1.807, 2.05) is 6.92 Å². The second kappa shape index (κ2) is 7.22. The molecule has 1 amide bonds. The molecular formula is C16H21N3O5S2. The van der Waals surface area contributed by atoms with Crippen molar-refractivity contribution in [3.8, 4) is 0 Å². The predicted octanol–water partition coefficient (Wildman–Crippen LogP) is 2.16. The van der Waals surface area contributed by atoms with Crippen LogP contribution in [0.5, 0.6) is 0 Å². The number of aryl methyl sites for hydroxylation is 2. The molecule has 0 radical (unpaired) electrons. The minimum atomic E-state index is -3.67. The van der Waals surface area contributed by atoms with Crippen molar-refractivity contribution >= 4 is 38.2 Å². The maximum Gasteiger partial charge on any atom is 0.339 e. The van der Waals surface area contributed by atoms with Crippen molar-refractivity contribution in [3.63, 3.8) is 0 Å². The summed E-state index contributed by atoms with van der Waals surface area (Å²) in [5, 5.41) is 12.3. The molecule has 26 heavy (non-hydrogen) atoms. The van der Waals surface area contributed by atoms with Gasteiger partial charge >= 0.3 is 5.97 Å². The number of sulfonamides is 1. The number of anilines is 1. The topological polar surface area (TPSA) is 109 Å². The molecule has 0 fully saturated rings. The summed E-state index contributed by atoms with van der Waals surface area (Å²) in [5.41, 5.74) is 0.880. The van der Waals surface area contributed by atoms with Gasteiger partial charge in [-0.2, -0.15) is 0 Å². The minimum absolute atomic E-state index is 0.00906. The van der Waals surface area contributed by atoms with E-state index in [4.69, 9.17) is 0 Å². The smallest absolute Gasteiger partial charge is 0.339 e. The highest BCUT2D eigenvalue weighted by atomic mass is 32.2. The molecule has 0 saturated heterocycles. The molecule has 0 aromatic carbocycles. The van der Waals surface area contributed by atoms with Gasteiger partial charge in [0, 0.05) is 32.2 Å². The highest BCUT2D eigenvalue weighted by molar-refractivity contribution is 7.89. The summed E-state index contributed by atoms with van der Waals surface area (Å²) < 4.78 is 26.9. The van der Waals surface area contributed by atoms with Crippen LogP contribution in [0.1, 0.15) is 38.2 Å². The Balaban J connectivity index is 2.41. The van der Waals surface area contributed by atoms with Gasteiger partial charge in [-0.25, -0.2) is 17.5 Å².